The first kappa shape index (κ1) is 17.9. The van der Waals surface area contributed by atoms with Crippen LogP contribution >= 0.6 is 0 Å². The summed E-state index contributed by atoms with van der Waals surface area (Å²) in [4.78, 5) is 38.4. The zero-order valence-electron chi connectivity index (χ0n) is 15.3. The van der Waals surface area contributed by atoms with Gasteiger partial charge in [-0.2, -0.15) is 0 Å². The third-order valence-corrected chi connectivity index (χ3v) is 4.31. The van der Waals surface area contributed by atoms with E-state index in [0.717, 1.165) is 15.7 Å². The van der Waals surface area contributed by atoms with Gasteiger partial charge in [-0.15, -0.1) is 0 Å². The van der Waals surface area contributed by atoms with Crippen LogP contribution in [0.15, 0.2) is 42.5 Å². The van der Waals surface area contributed by atoms with Crippen molar-refractivity contribution in [3.63, 3.8) is 0 Å². The van der Waals surface area contributed by atoms with Crippen molar-refractivity contribution in [2.45, 2.75) is 38.8 Å². The molecule has 0 saturated carbocycles. The van der Waals surface area contributed by atoms with Crippen molar-refractivity contribution in [2.75, 3.05) is 6.54 Å². The Morgan fingerprint density at radius 3 is 2.46 bits per heavy atom. The molecule has 1 fully saturated rings. The third-order valence-electron chi connectivity index (χ3n) is 4.31. The van der Waals surface area contributed by atoms with Crippen LogP contribution in [0.4, 0.5) is 4.79 Å². The number of nitrogens with one attached hydrogen (secondary N) is 1. The van der Waals surface area contributed by atoms with E-state index in [1.54, 1.807) is 27.7 Å². The summed E-state index contributed by atoms with van der Waals surface area (Å²) in [6.07, 6.45) is 0. The molecule has 26 heavy (non-hydrogen) atoms. The molecule has 3 rings (SSSR count). The number of carbonyl (C=O) groups excluding carboxylic acids is 3. The van der Waals surface area contributed by atoms with Crippen molar-refractivity contribution in [2.24, 2.45) is 0 Å². The summed E-state index contributed by atoms with van der Waals surface area (Å²) in [6, 6.07) is 12.7. The van der Waals surface area contributed by atoms with Crippen LogP contribution in [0, 0.1) is 0 Å². The van der Waals surface area contributed by atoms with E-state index < -0.39 is 35.6 Å². The molecule has 1 aliphatic rings. The van der Waals surface area contributed by atoms with E-state index in [0.29, 0.717) is 5.56 Å². The van der Waals surface area contributed by atoms with Crippen molar-refractivity contribution in [1.29, 1.82) is 0 Å². The average Bonchev–Trinajstić information content (AvgIpc) is 2.77. The Balaban J connectivity index is 1.93. The lowest BCUT2D eigenvalue weighted by Gasteiger charge is -2.24. The molecule has 0 bridgehead atoms. The van der Waals surface area contributed by atoms with Gasteiger partial charge < -0.3 is 10.1 Å². The number of rotatable bonds is 3. The Labute approximate surface area is 152 Å². The van der Waals surface area contributed by atoms with Crippen molar-refractivity contribution >= 4 is 28.7 Å². The van der Waals surface area contributed by atoms with Crippen LogP contribution in [0.5, 0.6) is 0 Å². The molecule has 1 aliphatic heterocycles. The molecule has 0 unspecified atom stereocenters. The van der Waals surface area contributed by atoms with E-state index in [4.69, 9.17) is 4.74 Å². The number of carbonyl (C=O) groups is 3. The Bertz CT molecular complexity index is 895. The SMILES string of the molecule is CC(C)(C)OC(=O)CN1C(=O)N[C@@](C)(c2cccc3ccccc23)C1=O. The molecule has 1 atom stereocenters. The summed E-state index contributed by atoms with van der Waals surface area (Å²) >= 11 is 0. The molecule has 136 valence electrons. The highest BCUT2D eigenvalue weighted by Gasteiger charge is 2.50. The van der Waals surface area contributed by atoms with Crippen molar-refractivity contribution in [3.8, 4) is 0 Å². The largest absolute Gasteiger partial charge is 0.459 e. The minimum absolute atomic E-state index is 0.414. The number of imide groups is 1. The fourth-order valence-corrected chi connectivity index (χ4v) is 3.19. The van der Waals surface area contributed by atoms with E-state index in [1.165, 1.54) is 0 Å². The normalized spacial score (nSPS) is 20.4. The molecular weight excluding hydrogens is 332 g/mol. The van der Waals surface area contributed by atoms with Crippen molar-refractivity contribution in [1.82, 2.24) is 10.2 Å². The summed E-state index contributed by atoms with van der Waals surface area (Å²) in [6.45, 7) is 6.44. The molecule has 0 aromatic heterocycles. The van der Waals surface area contributed by atoms with Gasteiger partial charge in [0.05, 0.1) is 0 Å². The van der Waals surface area contributed by atoms with E-state index >= 15 is 0 Å². The number of urea groups is 1. The molecule has 0 aliphatic carbocycles. The first-order valence-electron chi connectivity index (χ1n) is 8.46. The predicted octanol–water partition coefficient (Wildman–Crippen LogP) is 2.95. The van der Waals surface area contributed by atoms with Crippen molar-refractivity contribution < 1.29 is 19.1 Å². The van der Waals surface area contributed by atoms with Crippen LogP contribution in [0.1, 0.15) is 33.3 Å². The zero-order chi connectivity index (χ0) is 19.1. The molecule has 2 aromatic rings. The number of nitrogens with zero attached hydrogens (tertiary/aromatic N) is 1. The van der Waals surface area contributed by atoms with Crippen LogP contribution < -0.4 is 5.32 Å². The number of esters is 1. The van der Waals surface area contributed by atoms with Gasteiger partial charge in [0.1, 0.15) is 17.7 Å². The van der Waals surface area contributed by atoms with E-state index in [1.807, 2.05) is 42.5 Å². The topological polar surface area (TPSA) is 75.7 Å². The van der Waals surface area contributed by atoms with Gasteiger partial charge in [0.2, 0.25) is 0 Å². The van der Waals surface area contributed by atoms with Crippen molar-refractivity contribution in [3.05, 3.63) is 48.0 Å². The maximum Gasteiger partial charge on any atom is 0.326 e. The first-order valence-corrected chi connectivity index (χ1v) is 8.46. The van der Waals surface area contributed by atoms with Crippen LogP contribution in [-0.2, 0) is 19.9 Å². The van der Waals surface area contributed by atoms with Crippen LogP contribution in [0.3, 0.4) is 0 Å². The number of benzene rings is 2. The quantitative estimate of drug-likeness (QED) is 0.679. The minimum atomic E-state index is -1.24. The molecule has 1 heterocycles. The number of hydrogen-bond donors (Lipinski definition) is 1. The summed E-state index contributed by atoms with van der Waals surface area (Å²) in [5, 5.41) is 4.59. The molecule has 2 aromatic carbocycles. The summed E-state index contributed by atoms with van der Waals surface area (Å²) < 4.78 is 5.23. The second kappa shape index (κ2) is 6.12. The zero-order valence-corrected chi connectivity index (χ0v) is 15.3. The van der Waals surface area contributed by atoms with E-state index in [-0.39, 0.29) is 0 Å². The standard InChI is InChI=1S/C20H22N2O4/c1-19(2,3)26-16(23)12-22-17(24)20(4,21-18(22)25)15-11-7-9-13-8-5-6-10-14(13)15/h5-11H,12H2,1-4H3,(H,21,25)/t20-/m0/s1. The predicted molar refractivity (Wildman–Crippen MR) is 97.4 cm³/mol. The maximum absolute atomic E-state index is 13.0. The highest BCUT2D eigenvalue weighted by molar-refractivity contribution is 6.10. The smallest absolute Gasteiger partial charge is 0.326 e. The van der Waals surface area contributed by atoms with Crippen LogP contribution in [0.25, 0.3) is 10.8 Å². The lowest BCUT2D eigenvalue weighted by Crippen LogP contribution is -2.42. The van der Waals surface area contributed by atoms with Gasteiger partial charge in [-0.1, -0.05) is 42.5 Å². The minimum Gasteiger partial charge on any atom is -0.459 e. The molecule has 1 saturated heterocycles. The van der Waals surface area contributed by atoms with Gasteiger partial charge in [0, 0.05) is 0 Å². The highest BCUT2D eigenvalue weighted by Crippen LogP contribution is 2.33. The molecule has 0 radical (unpaired) electrons. The second-order valence-corrected chi connectivity index (χ2v) is 7.56. The molecule has 6 nitrogen and oxygen atoms in total. The molecule has 1 N–H and O–H groups in total. The van der Waals surface area contributed by atoms with Crippen LogP contribution in [-0.4, -0.2) is 35.0 Å². The van der Waals surface area contributed by atoms with Gasteiger partial charge in [-0.25, -0.2) is 4.79 Å². The van der Waals surface area contributed by atoms with Gasteiger partial charge in [-0.05, 0) is 44.0 Å². The van der Waals surface area contributed by atoms with E-state index in [2.05, 4.69) is 5.32 Å². The Morgan fingerprint density at radius 2 is 1.77 bits per heavy atom. The van der Waals surface area contributed by atoms with Gasteiger partial charge >= 0.3 is 12.0 Å². The number of ether oxygens (including phenoxy) is 1. The lowest BCUT2D eigenvalue weighted by molar-refractivity contribution is -0.157. The number of amides is 3. The fourth-order valence-electron chi connectivity index (χ4n) is 3.19. The third kappa shape index (κ3) is 3.14. The fraction of sp³-hybridized carbons (Fsp3) is 0.350. The average molecular weight is 354 g/mol. The Morgan fingerprint density at radius 1 is 1.12 bits per heavy atom. The Hall–Kier alpha value is -2.89. The molecule has 0 spiro atoms. The summed E-state index contributed by atoms with van der Waals surface area (Å²) in [5.74, 6) is -1.09. The van der Waals surface area contributed by atoms with Gasteiger partial charge in [-0.3, -0.25) is 14.5 Å². The number of hydrogen-bond acceptors (Lipinski definition) is 4. The maximum atomic E-state index is 13.0. The summed E-state index contributed by atoms with van der Waals surface area (Å²) in [5.41, 5.74) is -1.23. The Kier molecular flexibility index (Phi) is 4.22. The van der Waals surface area contributed by atoms with Crippen LogP contribution in [0.2, 0.25) is 0 Å². The molecule has 3 amide bonds. The number of fused-ring (bicyclic) bond motifs is 1. The van der Waals surface area contributed by atoms with Gasteiger partial charge in [0.25, 0.3) is 5.91 Å². The summed E-state index contributed by atoms with van der Waals surface area (Å²) in [7, 11) is 0. The highest BCUT2D eigenvalue weighted by atomic mass is 16.6. The van der Waals surface area contributed by atoms with Gasteiger partial charge in [0.15, 0.2) is 0 Å². The molecular formula is C20H22N2O4. The van der Waals surface area contributed by atoms with E-state index in [9.17, 15) is 14.4 Å². The monoisotopic (exact) mass is 354 g/mol. The molecule has 6 heteroatoms. The second-order valence-electron chi connectivity index (χ2n) is 7.56. The first-order chi connectivity index (χ1) is 12.1. The lowest BCUT2D eigenvalue weighted by atomic mass is 9.88.